The van der Waals surface area contributed by atoms with E-state index in [1.165, 1.54) is 0 Å². The maximum atomic E-state index is 5.65. The predicted molar refractivity (Wildman–Crippen MR) is 47.9 cm³/mol. The zero-order valence-electron chi connectivity index (χ0n) is 6.45. The van der Waals surface area contributed by atoms with Crippen molar-refractivity contribution in [3.05, 3.63) is 17.5 Å². The van der Waals surface area contributed by atoms with E-state index in [1.807, 2.05) is 23.9 Å². The minimum absolute atomic E-state index is 0.186. The van der Waals surface area contributed by atoms with Gasteiger partial charge in [-0.25, -0.2) is 4.98 Å². The van der Waals surface area contributed by atoms with E-state index in [9.17, 15) is 0 Å². The lowest BCUT2D eigenvalue weighted by Crippen LogP contribution is -1.97. The van der Waals surface area contributed by atoms with Crippen molar-refractivity contribution in [1.29, 1.82) is 0 Å². The van der Waals surface area contributed by atoms with E-state index >= 15 is 0 Å². The van der Waals surface area contributed by atoms with Crippen LogP contribution in [0.1, 0.15) is 0 Å². The van der Waals surface area contributed by atoms with Crippen molar-refractivity contribution in [3.63, 3.8) is 0 Å². The van der Waals surface area contributed by atoms with Crippen molar-refractivity contribution in [3.8, 4) is 0 Å². The summed E-state index contributed by atoms with van der Waals surface area (Å²) in [5.41, 5.74) is 7.24. The number of halogens is 1. The van der Waals surface area contributed by atoms with Gasteiger partial charge in [0, 0.05) is 13.2 Å². The zero-order chi connectivity index (χ0) is 8.72. The molecule has 2 rings (SSSR count). The lowest BCUT2D eigenvalue weighted by atomic mass is 10.4. The van der Waals surface area contributed by atoms with E-state index in [-0.39, 0.29) is 5.28 Å². The second kappa shape index (κ2) is 2.35. The maximum absolute atomic E-state index is 5.65. The average molecular weight is 183 g/mol. The maximum Gasteiger partial charge on any atom is 0.225 e. The Morgan fingerprint density at radius 3 is 3.00 bits per heavy atom. The molecule has 0 saturated carbocycles. The van der Waals surface area contributed by atoms with Crippen LogP contribution < -0.4 is 5.73 Å². The minimum atomic E-state index is 0.186. The lowest BCUT2D eigenvalue weighted by molar-refractivity contribution is 0.965. The van der Waals surface area contributed by atoms with Gasteiger partial charge in [0.15, 0.2) is 5.82 Å². The summed E-state index contributed by atoms with van der Waals surface area (Å²) in [7, 11) is 1.88. The number of hydrogen-bond donors (Lipinski definition) is 1. The SMILES string of the molecule is Cn1ccc2nc(Cl)nc(N)c21. The number of aromatic nitrogens is 3. The number of nitrogen functional groups attached to an aromatic ring is 1. The molecule has 0 unspecified atom stereocenters. The molecule has 0 fully saturated rings. The molecule has 5 heteroatoms. The van der Waals surface area contributed by atoms with Gasteiger partial charge in [-0.1, -0.05) is 0 Å². The van der Waals surface area contributed by atoms with Gasteiger partial charge < -0.3 is 10.3 Å². The molecule has 12 heavy (non-hydrogen) atoms. The van der Waals surface area contributed by atoms with Crippen LogP contribution in [0, 0.1) is 0 Å². The second-order valence-electron chi connectivity index (χ2n) is 2.54. The van der Waals surface area contributed by atoms with Gasteiger partial charge in [-0.3, -0.25) is 0 Å². The molecule has 2 aromatic heterocycles. The Morgan fingerprint density at radius 2 is 2.25 bits per heavy atom. The van der Waals surface area contributed by atoms with Crippen molar-refractivity contribution in [2.75, 3.05) is 5.73 Å². The molecule has 62 valence electrons. The molecule has 0 aliphatic heterocycles. The van der Waals surface area contributed by atoms with E-state index in [0.717, 1.165) is 11.0 Å². The molecule has 4 nitrogen and oxygen atoms in total. The number of rotatable bonds is 0. The van der Waals surface area contributed by atoms with Crippen LogP contribution in [-0.4, -0.2) is 14.5 Å². The van der Waals surface area contributed by atoms with E-state index in [1.54, 1.807) is 0 Å². The third kappa shape index (κ3) is 0.921. The molecule has 0 aromatic carbocycles. The molecule has 0 aliphatic carbocycles. The first-order chi connectivity index (χ1) is 5.68. The summed E-state index contributed by atoms with van der Waals surface area (Å²) in [6.45, 7) is 0. The first-order valence-corrected chi connectivity index (χ1v) is 3.80. The van der Waals surface area contributed by atoms with Gasteiger partial charge in [0.2, 0.25) is 5.28 Å². The van der Waals surface area contributed by atoms with E-state index < -0.39 is 0 Å². The van der Waals surface area contributed by atoms with Crippen LogP contribution in [0.3, 0.4) is 0 Å². The van der Waals surface area contributed by atoms with Crippen molar-refractivity contribution in [2.24, 2.45) is 7.05 Å². The summed E-state index contributed by atoms with van der Waals surface area (Å²) < 4.78 is 1.86. The highest BCUT2D eigenvalue weighted by Gasteiger charge is 2.05. The highest BCUT2D eigenvalue weighted by molar-refractivity contribution is 6.28. The fourth-order valence-corrected chi connectivity index (χ4v) is 1.38. The molecular weight excluding hydrogens is 176 g/mol. The number of anilines is 1. The molecule has 2 aromatic rings. The number of aryl methyl sites for hydroxylation is 1. The molecule has 2 heterocycles. The van der Waals surface area contributed by atoms with Crippen molar-refractivity contribution in [1.82, 2.24) is 14.5 Å². The Bertz CT molecular complexity index is 434. The van der Waals surface area contributed by atoms with Crippen LogP contribution in [0.4, 0.5) is 5.82 Å². The van der Waals surface area contributed by atoms with Gasteiger partial charge in [-0.05, 0) is 17.7 Å². The molecule has 0 atom stereocenters. The first-order valence-electron chi connectivity index (χ1n) is 3.42. The Hall–Kier alpha value is -1.29. The van der Waals surface area contributed by atoms with Crippen molar-refractivity contribution < 1.29 is 0 Å². The monoisotopic (exact) mass is 182 g/mol. The fourth-order valence-electron chi connectivity index (χ4n) is 1.20. The van der Waals surface area contributed by atoms with Crippen molar-refractivity contribution in [2.45, 2.75) is 0 Å². The zero-order valence-corrected chi connectivity index (χ0v) is 7.21. The van der Waals surface area contributed by atoms with Crippen LogP contribution in [-0.2, 0) is 7.05 Å². The van der Waals surface area contributed by atoms with Crippen LogP contribution >= 0.6 is 11.6 Å². The Kier molecular flexibility index (Phi) is 1.44. The minimum Gasteiger partial charge on any atom is -0.382 e. The number of nitrogens with two attached hydrogens (primary N) is 1. The highest BCUT2D eigenvalue weighted by Crippen LogP contribution is 2.19. The van der Waals surface area contributed by atoms with Gasteiger partial charge >= 0.3 is 0 Å². The summed E-state index contributed by atoms with van der Waals surface area (Å²) in [4.78, 5) is 7.86. The molecule has 0 amide bonds. The van der Waals surface area contributed by atoms with Crippen molar-refractivity contribution >= 4 is 28.5 Å². The number of hydrogen-bond acceptors (Lipinski definition) is 3. The Balaban J connectivity index is 2.93. The third-order valence-electron chi connectivity index (χ3n) is 1.72. The molecule has 0 aliphatic rings. The predicted octanol–water partition coefficient (Wildman–Crippen LogP) is 1.20. The van der Waals surface area contributed by atoms with Gasteiger partial charge in [0.05, 0.1) is 5.52 Å². The lowest BCUT2D eigenvalue weighted by Gasteiger charge is -1.98. The van der Waals surface area contributed by atoms with E-state index in [2.05, 4.69) is 9.97 Å². The molecule has 0 radical (unpaired) electrons. The summed E-state index contributed by atoms with van der Waals surface area (Å²) >= 11 is 5.62. The average Bonchev–Trinajstić information content (AvgIpc) is 2.31. The van der Waals surface area contributed by atoms with Crippen LogP contribution in [0.5, 0.6) is 0 Å². The summed E-state index contributed by atoms with van der Waals surface area (Å²) in [5.74, 6) is 0.414. The van der Waals surface area contributed by atoms with Crippen LogP contribution in [0.15, 0.2) is 12.3 Å². The highest BCUT2D eigenvalue weighted by atomic mass is 35.5. The van der Waals surface area contributed by atoms with Gasteiger partial charge in [-0.2, -0.15) is 4.98 Å². The summed E-state index contributed by atoms with van der Waals surface area (Å²) in [6.07, 6.45) is 1.87. The molecule has 0 bridgehead atoms. The summed E-state index contributed by atoms with van der Waals surface area (Å²) in [6, 6.07) is 1.85. The third-order valence-corrected chi connectivity index (χ3v) is 1.89. The molecule has 0 saturated heterocycles. The topological polar surface area (TPSA) is 56.7 Å². The number of fused-ring (bicyclic) bond motifs is 1. The fraction of sp³-hybridized carbons (Fsp3) is 0.143. The standard InChI is InChI=1S/C7H7ClN4/c1-12-3-2-4-5(12)6(9)11-7(8)10-4/h2-3H,1H3,(H2,9,10,11). The first kappa shape index (κ1) is 7.36. The quantitative estimate of drug-likeness (QED) is 0.623. The van der Waals surface area contributed by atoms with E-state index in [0.29, 0.717) is 5.82 Å². The van der Waals surface area contributed by atoms with Gasteiger partial charge in [0.1, 0.15) is 5.52 Å². The summed E-state index contributed by atoms with van der Waals surface area (Å²) in [5, 5.41) is 0.186. The van der Waals surface area contributed by atoms with Crippen LogP contribution in [0.2, 0.25) is 5.28 Å². The Labute approximate surface area is 74.0 Å². The molecular formula is C7H7ClN4. The van der Waals surface area contributed by atoms with E-state index in [4.69, 9.17) is 17.3 Å². The van der Waals surface area contributed by atoms with Gasteiger partial charge in [-0.15, -0.1) is 0 Å². The van der Waals surface area contributed by atoms with Gasteiger partial charge in [0.25, 0.3) is 0 Å². The second-order valence-corrected chi connectivity index (χ2v) is 2.88. The largest absolute Gasteiger partial charge is 0.382 e. The van der Waals surface area contributed by atoms with Crippen LogP contribution in [0.25, 0.3) is 11.0 Å². The Morgan fingerprint density at radius 1 is 1.50 bits per heavy atom. The normalized spacial score (nSPS) is 10.8. The number of nitrogens with zero attached hydrogens (tertiary/aromatic N) is 3. The molecule has 0 spiro atoms. The molecule has 2 N–H and O–H groups in total. The smallest absolute Gasteiger partial charge is 0.225 e.